The second kappa shape index (κ2) is 6.49. The van der Waals surface area contributed by atoms with Crippen LogP contribution in [0.2, 0.25) is 0 Å². The highest BCUT2D eigenvalue weighted by Crippen LogP contribution is 2.22. The third-order valence-electron chi connectivity index (χ3n) is 3.08. The normalized spacial score (nSPS) is 10.4. The number of carbonyl (C=O) groups excluding carboxylic acids is 2. The molecule has 0 saturated heterocycles. The van der Waals surface area contributed by atoms with Crippen LogP contribution < -0.4 is 10.6 Å². The predicted octanol–water partition coefficient (Wildman–Crippen LogP) is 2.28. The van der Waals surface area contributed by atoms with Crippen molar-refractivity contribution < 1.29 is 9.59 Å². The van der Waals surface area contributed by atoms with Crippen LogP contribution >= 0.6 is 11.3 Å². The predicted molar refractivity (Wildman–Crippen MR) is 83.5 cm³/mol. The van der Waals surface area contributed by atoms with Gasteiger partial charge in [0.2, 0.25) is 5.91 Å². The van der Waals surface area contributed by atoms with Gasteiger partial charge in [-0.2, -0.15) is 0 Å². The lowest BCUT2D eigenvalue weighted by molar-refractivity contribution is -0.117. The summed E-state index contributed by atoms with van der Waals surface area (Å²) in [4.78, 5) is 30.0. The number of primary amides is 1. The lowest BCUT2D eigenvalue weighted by Crippen LogP contribution is -2.34. The maximum Gasteiger partial charge on any atom is 0.270 e. The van der Waals surface area contributed by atoms with Gasteiger partial charge in [0.25, 0.3) is 5.91 Å². The fourth-order valence-corrected chi connectivity index (χ4v) is 2.75. The minimum Gasteiger partial charge on any atom is -0.370 e. The second-order valence-corrected chi connectivity index (χ2v) is 5.63. The van der Waals surface area contributed by atoms with Gasteiger partial charge >= 0.3 is 0 Å². The number of aromatic nitrogens is 1. The van der Waals surface area contributed by atoms with Crippen molar-refractivity contribution in [1.29, 1.82) is 0 Å². The minimum absolute atomic E-state index is 0.123. The number of nitrogens with zero attached hydrogens (tertiary/aromatic N) is 2. The Kier molecular flexibility index (Phi) is 4.70. The molecule has 2 aromatic rings. The summed E-state index contributed by atoms with van der Waals surface area (Å²) in [6.45, 7) is 4.01. The number of benzene rings is 1. The Morgan fingerprint density at radius 2 is 2.10 bits per heavy atom. The number of rotatable bonds is 5. The molecular weight excluding hydrogens is 286 g/mol. The molecule has 0 radical (unpaired) electrons. The van der Waals surface area contributed by atoms with E-state index in [1.807, 2.05) is 31.2 Å². The molecule has 0 atom stereocenters. The highest BCUT2D eigenvalue weighted by atomic mass is 32.1. The largest absolute Gasteiger partial charge is 0.370 e. The number of carbonyl (C=O) groups is 2. The summed E-state index contributed by atoms with van der Waals surface area (Å²) >= 11 is 1.30. The quantitative estimate of drug-likeness (QED) is 0.920. The Balaban J connectivity index is 2.34. The third kappa shape index (κ3) is 3.66. The van der Waals surface area contributed by atoms with E-state index < -0.39 is 5.91 Å². The van der Waals surface area contributed by atoms with Crippen LogP contribution in [0.25, 0.3) is 0 Å². The lowest BCUT2D eigenvalue weighted by Gasteiger charge is -2.22. The maximum atomic E-state index is 12.7. The standard InChI is InChI=1S/C15H17N3O2S/c1-10-4-3-5-12(8-10)18(7-6-13(16)19)15(20)14-11(2)17-9-21-14/h3-5,8-9H,6-7H2,1-2H3,(H2,16,19). The van der Waals surface area contributed by atoms with Crippen molar-refractivity contribution in [2.45, 2.75) is 20.3 Å². The molecule has 0 aliphatic carbocycles. The van der Waals surface area contributed by atoms with Crippen LogP contribution in [-0.4, -0.2) is 23.3 Å². The van der Waals surface area contributed by atoms with E-state index in [0.717, 1.165) is 11.3 Å². The van der Waals surface area contributed by atoms with E-state index in [9.17, 15) is 9.59 Å². The van der Waals surface area contributed by atoms with E-state index in [0.29, 0.717) is 10.6 Å². The van der Waals surface area contributed by atoms with E-state index in [2.05, 4.69) is 4.98 Å². The summed E-state index contributed by atoms with van der Waals surface area (Å²) in [5, 5.41) is 0. The summed E-state index contributed by atoms with van der Waals surface area (Å²) in [7, 11) is 0. The Labute approximate surface area is 127 Å². The topological polar surface area (TPSA) is 76.3 Å². The smallest absolute Gasteiger partial charge is 0.270 e. The molecule has 0 fully saturated rings. The Hall–Kier alpha value is -2.21. The van der Waals surface area contributed by atoms with Crippen LogP contribution in [-0.2, 0) is 4.79 Å². The molecular formula is C15H17N3O2S. The minimum atomic E-state index is -0.429. The second-order valence-electron chi connectivity index (χ2n) is 4.78. The van der Waals surface area contributed by atoms with E-state index >= 15 is 0 Å². The molecule has 0 spiro atoms. The molecule has 0 bridgehead atoms. The monoisotopic (exact) mass is 303 g/mol. The van der Waals surface area contributed by atoms with Crippen molar-refractivity contribution in [3.05, 3.63) is 45.9 Å². The third-order valence-corrected chi connectivity index (χ3v) is 4.00. The molecule has 0 aliphatic rings. The van der Waals surface area contributed by atoms with Crippen LogP contribution in [0.4, 0.5) is 5.69 Å². The SMILES string of the molecule is Cc1cccc(N(CCC(N)=O)C(=O)c2scnc2C)c1. The fourth-order valence-electron chi connectivity index (χ4n) is 2.00. The summed E-state index contributed by atoms with van der Waals surface area (Å²) in [5.41, 5.74) is 9.36. The average Bonchev–Trinajstić information content (AvgIpc) is 2.84. The van der Waals surface area contributed by atoms with Crippen molar-refractivity contribution >= 4 is 28.8 Å². The molecule has 5 nitrogen and oxygen atoms in total. The number of amides is 2. The van der Waals surface area contributed by atoms with Crippen molar-refractivity contribution in [3.63, 3.8) is 0 Å². The molecule has 21 heavy (non-hydrogen) atoms. The van der Waals surface area contributed by atoms with Gasteiger partial charge in [-0.25, -0.2) is 4.98 Å². The molecule has 0 saturated carbocycles. The molecule has 2 amide bonds. The first-order valence-corrected chi connectivity index (χ1v) is 7.44. The molecule has 1 heterocycles. The molecule has 1 aromatic heterocycles. The zero-order valence-corrected chi connectivity index (χ0v) is 12.8. The first-order chi connectivity index (χ1) is 9.99. The van der Waals surface area contributed by atoms with Gasteiger partial charge < -0.3 is 10.6 Å². The number of nitrogens with two attached hydrogens (primary N) is 1. The number of hydrogen-bond acceptors (Lipinski definition) is 4. The van der Waals surface area contributed by atoms with Gasteiger partial charge in [-0.1, -0.05) is 12.1 Å². The molecule has 2 N–H and O–H groups in total. The molecule has 2 rings (SSSR count). The Morgan fingerprint density at radius 3 is 2.67 bits per heavy atom. The van der Waals surface area contributed by atoms with Gasteiger partial charge in [0.05, 0.1) is 11.2 Å². The van der Waals surface area contributed by atoms with Gasteiger partial charge in [0.1, 0.15) is 4.88 Å². The van der Waals surface area contributed by atoms with Crippen molar-refractivity contribution in [3.8, 4) is 0 Å². The van der Waals surface area contributed by atoms with Crippen molar-refractivity contribution in [2.75, 3.05) is 11.4 Å². The Bertz CT molecular complexity index is 666. The molecule has 0 aliphatic heterocycles. The number of aryl methyl sites for hydroxylation is 2. The summed E-state index contributed by atoms with van der Waals surface area (Å²) < 4.78 is 0. The zero-order chi connectivity index (χ0) is 15.4. The molecule has 0 unspecified atom stereocenters. The van der Waals surface area contributed by atoms with E-state index in [-0.39, 0.29) is 18.9 Å². The number of hydrogen-bond donors (Lipinski definition) is 1. The maximum absolute atomic E-state index is 12.7. The summed E-state index contributed by atoms with van der Waals surface area (Å²) in [6, 6.07) is 7.60. The fraction of sp³-hybridized carbons (Fsp3) is 0.267. The average molecular weight is 303 g/mol. The lowest BCUT2D eigenvalue weighted by atomic mass is 10.2. The van der Waals surface area contributed by atoms with E-state index in [1.165, 1.54) is 11.3 Å². The van der Waals surface area contributed by atoms with Crippen molar-refractivity contribution in [2.24, 2.45) is 5.73 Å². The molecule has 110 valence electrons. The molecule has 1 aromatic carbocycles. The number of thiazole rings is 1. The van der Waals surface area contributed by atoms with Crippen LogP contribution in [0.5, 0.6) is 0 Å². The van der Waals surface area contributed by atoms with Crippen molar-refractivity contribution in [1.82, 2.24) is 4.98 Å². The summed E-state index contributed by atoms with van der Waals surface area (Å²) in [6.07, 6.45) is 0.123. The highest BCUT2D eigenvalue weighted by molar-refractivity contribution is 7.12. The first kappa shape index (κ1) is 15.2. The van der Waals surface area contributed by atoms with Crippen LogP contribution in [0.3, 0.4) is 0 Å². The van der Waals surface area contributed by atoms with Gasteiger partial charge in [-0.15, -0.1) is 11.3 Å². The number of anilines is 1. The van der Waals surface area contributed by atoms with Crippen LogP contribution in [0, 0.1) is 13.8 Å². The molecule has 6 heteroatoms. The summed E-state index contributed by atoms with van der Waals surface area (Å²) in [5.74, 6) is -0.580. The van der Waals surface area contributed by atoms with Gasteiger partial charge in [0.15, 0.2) is 0 Å². The zero-order valence-electron chi connectivity index (χ0n) is 12.0. The van der Waals surface area contributed by atoms with Gasteiger partial charge in [-0.3, -0.25) is 9.59 Å². The first-order valence-electron chi connectivity index (χ1n) is 6.56. The highest BCUT2D eigenvalue weighted by Gasteiger charge is 2.21. The van der Waals surface area contributed by atoms with E-state index in [4.69, 9.17) is 5.73 Å². The Morgan fingerprint density at radius 1 is 1.33 bits per heavy atom. The van der Waals surface area contributed by atoms with Crippen LogP contribution in [0.1, 0.15) is 27.3 Å². The van der Waals surface area contributed by atoms with E-state index in [1.54, 1.807) is 17.3 Å². The van der Waals surface area contributed by atoms with Gasteiger partial charge in [-0.05, 0) is 31.5 Å². The van der Waals surface area contributed by atoms with Crippen LogP contribution in [0.15, 0.2) is 29.8 Å². The van der Waals surface area contributed by atoms with Gasteiger partial charge in [0, 0.05) is 18.7 Å².